The summed E-state index contributed by atoms with van der Waals surface area (Å²) in [6.45, 7) is 5.19. The zero-order valence-corrected chi connectivity index (χ0v) is 13.1. The highest BCUT2D eigenvalue weighted by Crippen LogP contribution is 2.36. The molecule has 1 saturated carbocycles. The quantitative estimate of drug-likeness (QED) is 0.908. The van der Waals surface area contributed by atoms with Crippen molar-refractivity contribution >= 4 is 5.91 Å². The van der Waals surface area contributed by atoms with Crippen LogP contribution in [0.25, 0.3) is 0 Å². The SMILES string of the molecule is Cc1ccc([C@@H]2CCCN2C(=O)[C@@H]2CC[C@H](N)C2)cc1C. The first kappa shape index (κ1) is 14.6. The summed E-state index contributed by atoms with van der Waals surface area (Å²) in [6.07, 6.45) is 5.04. The van der Waals surface area contributed by atoms with Gasteiger partial charge in [-0.15, -0.1) is 0 Å². The minimum atomic E-state index is 0.159. The number of nitrogens with zero attached hydrogens (tertiary/aromatic N) is 1. The normalized spacial score (nSPS) is 29.1. The molecule has 3 atom stereocenters. The Morgan fingerprint density at radius 2 is 2.00 bits per heavy atom. The number of nitrogens with two attached hydrogens (primary N) is 1. The highest BCUT2D eigenvalue weighted by Gasteiger charge is 2.36. The Kier molecular flexibility index (Phi) is 4.03. The van der Waals surface area contributed by atoms with Crippen LogP contribution in [-0.4, -0.2) is 23.4 Å². The number of aryl methyl sites for hydroxylation is 2. The molecular formula is C18H26N2O. The Balaban J connectivity index is 1.78. The van der Waals surface area contributed by atoms with Crippen molar-refractivity contribution in [1.82, 2.24) is 4.90 Å². The molecule has 21 heavy (non-hydrogen) atoms. The van der Waals surface area contributed by atoms with E-state index in [1.54, 1.807) is 0 Å². The van der Waals surface area contributed by atoms with Crippen LogP contribution in [0.2, 0.25) is 0 Å². The van der Waals surface area contributed by atoms with Gasteiger partial charge in [-0.3, -0.25) is 4.79 Å². The van der Waals surface area contributed by atoms with E-state index in [-0.39, 0.29) is 18.0 Å². The summed E-state index contributed by atoms with van der Waals surface area (Å²) in [5, 5.41) is 0. The van der Waals surface area contributed by atoms with E-state index in [4.69, 9.17) is 5.73 Å². The van der Waals surface area contributed by atoms with Crippen molar-refractivity contribution in [2.24, 2.45) is 11.7 Å². The predicted molar refractivity (Wildman–Crippen MR) is 84.9 cm³/mol. The van der Waals surface area contributed by atoms with E-state index >= 15 is 0 Å². The molecule has 1 heterocycles. The highest BCUT2D eigenvalue weighted by atomic mass is 16.2. The van der Waals surface area contributed by atoms with E-state index < -0.39 is 0 Å². The van der Waals surface area contributed by atoms with Gasteiger partial charge in [0.05, 0.1) is 6.04 Å². The van der Waals surface area contributed by atoms with Gasteiger partial charge >= 0.3 is 0 Å². The first-order valence-electron chi connectivity index (χ1n) is 8.19. The number of hydrogen-bond acceptors (Lipinski definition) is 2. The molecular weight excluding hydrogens is 260 g/mol. The molecule has 2 aliphatic rings. The number of carbonyl (C=O) groups excluding carboxylic acids is 1. The number of likely N-dealkylation sites (tertiary alicyclic amines) is 1. The van der Waals surface area contributed by atoms with Gasteiger partial charge in [0.25, 0.3) is 0 Å². The first-order chi connectivity index (χ1) is 10.1. The third-order valence-corrected chi connectivity index (χ3v) is 5.27. The minimum absolute atomic E-state index is 0.159. The number of carbonyl (C=O) groups is 1. The summed E-state index contributed by atoms with van der Waals surface area (Å²) >= 11 is 0. The van der Waals surface area contributed by atoms with Crippen LogP contribution in [0.15, 0.2) is 18.2 Å². The van der Waals surface area contributed by atoms with Crippen molar-refractivity contribution in [3.63, 3.8) is 0 Å². The van der Waals surface area contributed by atoms with Crippen LogP contribution in [0.4, 0.5) is 0 Å². The lowest BCUT2D eigenvalue weighted by molar-refractivity contribution is -0.136. The summed E-state index contributed by atoms with van der Waals surface area (Å²) in [7, 11) is 0. The van der Waals surface area contributed by atoms with Gasteiger partial charge in [0.15, 0.2) is 0 Å². The predicted octanol–water partition coefficient (Wildman–Crippen LogP) is 3.09. The van der Waals surface area contributed by atoms with E-state index in [1.165, 1.54) is 16.7 Å². The molecule has 3 nitrogen and oxygen atoms in total. The molecule has 1 aliphatic heterocycles. The van der Waals surface area contributed by atoms with Crippen molar-refractivity contribution in [2.45, 2.75) is 58.0 Å². The number of rotatable bonds is 2. The summed E-state index contributed by atoms with van der Waals surface area (Å²) in [4.78, 5) is 14.9. The van der Waals surface area contributed by atoms with Crippen LogP contribution in [0.5, 0.6) is 0 Å². The molecule has 0 aromatic heterocycles. The maximum absolute atomic E-state index is 12.8. The van der Waals surface area contributed by atoms with Crippen molar-refractivity contribution in [1.29, 1.82) is 0 Å². The fraction of sp³-hybridized carbons (Fsp3) is 0.611. The van der Waals surface area contributed by atoms with E-state index in [9.17, 15) is 4.79 Å². The van der Waals surface area contributed by atoms with E-state index in [0.29, 0.717) is 5.91 Å². The Hall–Kier alpha value is -1.35. The first-order valence-corrected chi connectivity index (χ1v) is 8.19. The van der Waals surface area contributed by atoms with Crippen LogP contribution < -0.4 is 5.73 Å². The molecule has 0 bridgehead atoms. The molecule has 0 spiro atoms. The van der Waals surface area contributed by atoms with Crippen molar-refractivity contribution in [3.05, 3.63) is 34.9 Å². The zero-order valence-electron chi connectivity index (χ0n) is 13.1. The molecule has 0 unspecified atom stereocenters. The molecule has 3 heteroatoms. The molecule has 2 N–H and O–H groups in total. The molecule has 1 aromatic carbocycles. The maximum atomic E-state index is 12.8. The van der Waals surface area contributed by atoms with Gasteiger partial charge in [-0.1, -0.05) is 18.2 Å². The standard InChI is InChI=1S/C18H26N2O/c1-12-5-6-14(10-13(12)2)17-4-3-9-20(17)18(21)15-7-8-16(19)11-15/h5-6,10,15-17H,3-4,7-9,11,19H2,1-2H3/t15-,16+,17+/m1/s1. The molecule has 0 radical (unpaired) electrons. The van der Waals surface area contributed by atoms with Gasteiger partial charge in [0.1, 0.15) is 0 Å². The monoisotopic (exact) mass is 286 g/mol. The van der Waals surface area contributed by atoms with Crippen LogP contribution in [-0.2, 0) is 4.79 Å². The van der Waals surface area contributed by atoms with Gasteiger partial charge in [-0.25, -0.2) is 0 Å². The Bertz CT molecular complexity index is 540. The summed E-state index contributed by atoms with van der Waals surface area (Å²) in [5.41, 5.74) is 9.90. The van der Waals surface area contributed by atoms with Gasteiger partial charge in [0.2, 0.25) is 5.91 Å². The fourth-order valence-corrected chi connectivity index (χ4v) is 3.82. The lowest BCUT2D eigenvalue weighted by atomic mass is 9.98. The average molecular weight is 286 g/mol. The number of hydrogen-bond donors (Lipinski definition) is 1. The third kappa shape index (κ3) is 2.84. The van der Waals surface area contributed by atoms with Gasteiger partial charge in [-0.05, 0) is 62.6 Å². The zero-order chi connectivity index (χ0) is 15.0. The minimum Gasteiger partial charge on any atom is -0.335 e. The molecule has 3 rings (SSSR count). The van der Waals surface area contributed by atoms with Gasteiger partial charge in [0, 0.05) is 18.5 Å². The second-order valence-corrected chi connectivity index (χ2v) is 6.80. The highest BCUT2D eigenvalue weighted by molar-refractivity contribution is 5.80. The van der Waals surface area contributed by atoms with Gasteiger partial charge < -0.3 is 10.6 Å². The van der Waals surface area contributed by atoms with Crippen molar-refractivity contribution in [3.8, 4) is 0 Å². The van der Waals surface area contributed by atoms with E-state index in [1.807, 2.05) is 0 Å². The smallest absolute Gasteiger partial charge is 0.226 e. The van der Waals surface area contributed by atoms with Crippen LogP contribution >= 0.6 is 0 Å². The van der Waals surface area contributed by atoms with Crippen molar-refractivity contribution in [2.75, 3.05) is 6.54 Å². The lowest BCUT2D eigenvalue weighted by Gasteiger charge is -2.28. The maximum Gasteiger partial charge on any atom is 0.226 e. The van der Waals surface area contributed by atoms with Crippen LogP contribution in [0.1, 0.15) is 54.8 Å². The van der Waals surface area contributed by atoms with Crippen molar-refractivity contribution < 1.29 is 4.79 Å². The number of benzene rings is 1. The second kappa shape index (κ2) is 5.80. The molecule has 1 aliphatic carbocycles. The molecule has 1 amide bonds. The largest absolute Gasteiger partial charge is 0.335 e. The summed E-state index contributed by atoms with van der Waals surface area (Å²) < 4.78 is 0. The van der Waals surface area contributed by atoms with Crippen LogP contribution in [0, 0.1) is 19.8 Å². The number of amides is 1. The van der Waals surface area contributed by atoms with E-state index in [2.05, 4.69) is 36.9 Å². The Labute approximate surface area is 127 Å². The van der Waals surface area contributed by atoms with Gasteiger partial charge in [-0.2, -0.15) is 0 Å². The molecule has 2 fully saturated rings. The third-order valence-electron chi connectivity index (χ3n) is 5.27. The summed E-state index contributed by atoms with van der Waals surface area (Å²) in [5.74, 6) is 0.496. The lowest BCUT2D eigenvalue weighted by Crippen LogP contribution is -2.35. The fourth-order valence-electron chi connectivity index (χ4n) is 3.82. The van der Waals surface area contributed by atoms with E-state index in [0.717, 1.165) is 38.6 Å². The molecule has 1 saturated heterocycles. The topological polar surface area (TPSA) is 46.3 Å². The Morgan fingerprint density at radius 1 is 1.19 bits per heavy atom. The Morgan fingerprint density at radius 3 is 2.67 bits per heavy atom. The van der Waals surface area contributed by atoms with Crippen LogP contribution in [0.3, 0.4) is 0 Å². The summed E-state index contributed by atoms with van der Waals surface area (Å²) in [6, 6.07) is 7.12. The molecule has 114 valence electrons. The molecule has 1 aromatic rings. The second-order valence-electron chi connectivity index (χ2n) is 6.80. The average Bonchev–Trinajstić information content (AvgIpc) is 3.10.